The summed E-state index contributed by atoms with van der Waals surface area (Å²) in [5.74, 6) is -0.356. The van der Waals surface area contributed by atoms with Crippen molar-refractivity contribution >= 4 is 40.6 Å². The van der Waals surface area contributed by atoms with Crippen molar-refractivity contribution in [2.45, 2.75) is 58.8 Å². The number of benzene rings is 2. The zero-order valence-electron chi connectivity index (χ0n) is 17.6. The number of unbranched alkanes of at least 4 members (excludes halogenated alkanes) is 3. The van der Waals surface area contributed by atoms with Gasteiger partial charge in [0.05, 0.1) is 22.2 Å². The number of hydrogen-bond acceptors (Lipinski definition) is 5. The summed E-state index contributed by atoms with van der Waals surface area (Å²) in [7, 11) is 0. The van der Waals surface area contributed by atoms with E-state index >= 15 is 0 Å². The molecule has 0 aliphatic rings. The minimum Gasteiger partial charge on any atom is -0.507 e. The Morgan fingerprint density at radius 3 is 2.16 bits per heavy atom. The number of rotatable bonds is 11. The monoisotopic (exact) mass is 488 g/mol. The average Bonchev–Trinajstić information content (AvgIpc) is 2.74. The third kappa shape index (κ3) is 6.12. The lowest BCUT2D eigenvalue weighted by molar-refractivity contribution is 0.101. The number of carbonyl (C=O) groups excluding carboxylic acids is 1. The molecule has 0 fully saturated rings. The van der Waals surface area contributed by atoms with Gasteiger partial charge in [0.25, 0.3) is 0 Å². The number of phenols is 3. The van der Waals surface area contributed by atoms with E-state index in [0.717, 1.165) is 32.1 Å². The third-order valence-electron chi connectivity index (χ3n) is 5.07. The summed E-state index contributed by atoms with van der Waals surface area (Å²) >= 11 is 17.9. The van der Waals surface area contributed by atoms with Crippen LogP contribution >= 0.6 is 34.8 Å². The molecule has 0 saturated heterocycles. The maximum absolute atomic E-state index is 11.6. The summed E-state index contributed by atoms with van der Waals surface area (Å²) in [6.45, 7) is 3.91. The first-order valence-electron chi connectivity index (χ1n) is 10.3. The van der Waals surface area contributed by atoms with Gasteiger partial charge in [0.2, 0.25) is 0 Å². The van der Waals surface area contributed by atoms with Crippen molar-refractivity contribution in [3.8, 4) is 23.0 Å². The molecule has 0 heterocycles. The van der Waals surface area contributed by atoms with Gasteiger partial charge in [-0.05, 0) is 44.7 Å². The lowest BCUT2D eigenvalue weighted by Gasteiger charge is -2.15. The van der Waals surface area contributed by atoms with E-state index in [0.29, 0.717) is 41.9 Å². The molecule has 0 bridgehead atoms. The van der Waals surface area contributed by atoms with E-state index in [1.165, 1.54) is 6.92 Å². The van der Waals surface area contributed by atoms with Gasteiger partial charge in [-0.25, -0.2) is 0 Å². The fourth-order valence-corrected chi connectivity index (χ4v) is 4.09. The standard InChI is InChI=1S/C23H27Cl3O5/c1-3-8-15-17(11-10-14(13(2)27)21(15)28)31-12-7-5-4-6-9-16-18(24)19(25)20(26)23(30)22(16)29/h10-11,28-30H,3-9,12H2,1-2H3. The van der Waals surface area contributed by atoms with Crippen LogP contribution in [0.15, 0.2) is 12.1 Å². The van der Waals surface area contributed by atoms with Crippen LogP contribution in [-0.4, -0.2) is 27.7 Å². The Hall–Kier alpha value is -1.82. The van der Waals surface area contributed by atoms with Crippen LogP contribution < -0.4 is 4.74 Å². The van der Waals surface area contributed by atoms with E-state index in [4.69, 9.17) is 39.5 Å². The Kier molecular flexibility index (Phi) is 9.60. The number of halogens is 3. The quantitative estimate of drug-likeness (QED) is 0.136. The van der Waals surface area contributed by atoms with Gasteiger partial charge in [-0.1, -0.05) is 61.0 Å². The molecule has 2 aromatic carbocycles. The number of ether oxygens (including phenoxy) is 1. The van der Waals surface area contributed by atoms with E-state index in [2.05, 4.69) is 0 Å². The van der Waals surface area contributed by atoms with Crippen molar-refractivity contribution in [1.29, 1.82) is 0 Å². The molecular weight excluding hydrogens is 463 g/mol. The maximum atomic E-state index is 11.6. The number of carbonyl (C=O) groups is 1. The molecule has 8 heteroatoms. The molecule has 0 saturated carbocycles. The van der Waals surface area contributed by atoms with E-state index in [9.17, 15) is 20.1 Å². The maximum Gasteiger partial charge on any atom is 0.178 e. The predicted molar refractivity (Wildman–Crippen MR) is 125 cm³/mol. The van der Waals surface area contributed by atoms with Crippen LogP contribution in [0, 0.1) is 0 Å². The first-order valence-corrected chi connectivity index (χ1v) is 11.4. The summed E-state index contributed by atoms with van der Waals surface area (Å²) in [5.41, 5.74) is 1.36. The van der Waals surface area contributed by atoms with E-state index in [1.807, 2.05) is 6.92 Å². The molecule has 170 valence electrons. The van der Waals surface area contributed by atoms with Crippen LogP contribution in [-0.2, 0) is 12.8 Å². The summed E-state index contributed by atoms with van der Waals surface area (Å²) in [4.78, 5) is 11.6. The summed E-state index contributed by atoms with van der Waals surface area (Å²) in [6, 6.07) is 3.33. The molecule has 31 heavy (non-hydrogen) atoms. The largest absolute Gasteiger partial charge is 0.507 e. The second-order valence-corrected chi connectivity index (χ2v) is 8.51. The molecule has 2 aromatic rings. The Morgan fingerprint density at radius 1 is 0.839 bits per heavy atom. The van der Waals surface area contributed by atoms with Gasteiger partial charge in [0.1, 0.15) is 16.5 Å². The smallest absolute Gasteiger partial charge is 0.178 e. The molecule has 2 rings (SSSR count). The van der Waals surface area contributed by atoms with Crippen molar-refractivity contribution in [2.75, 3.05) is 6.61 Å². The fourth-order valence-electron chi connectivity index (χ4n) is 3.38. The van der Waals surface area contributed by atoms with Crippen LogP contribution in [0.1, 0.15) is 67.4 Å². The lowest BCUT2D eigenvalue weighted by Crippen LogP contribution is -2.03. The van der Waals surface area contributed by atoms with E-state index in [1.54, 1.807) is 12.1 Å². The van der Waals surface area contributed by atoms with Crippen molar-refractivity contribution in [3.63, 3.8) is 0 Å². The number of hydrogen-bond donors (Lipinski definition) is 3. The first-order chi connectivity index (χ1) is 14.7. The Labute approximate surface area is 197 Å². The fraction of sp³-hybridized carbons (Fsp3) is 0.435. The average molecular weight is 490 g/mol. The highest BCUT2D eigenvalue weighted by molar-refractivity contribution is 6.49. The van der Waals surface area contributed by atoms with E-state index < -0.39 is 5.75 Å². The molecule has 0 radical (unpaired) electrons. The van der Waals surface area contributed by atoms with Gasteiger partial charge in [-0.2, -0.15) is 0 Å². The first kappa shape index (κ1) is 25.4. The molecule has 0 spiro atoms. The molecule has 0 aliphatic carbocycles. The van der Waals surface area contributed by atoms with E-state index in [-0.39, 0.29) is 32.4 Å². The SMILES string of the molecule is CCCc1c(OCCCCCCc2c(O)c(O)c(Cl)c(Cl)c2Cl)ccc(C(C)=O)c1O. The minimum absolute atomic E-state index is 0.00779. The number of aromatic hydroxyl groups is 3. The molecule has 0 aliphatic heterocycles. The minimum atomic E-state index is -0.457. The van der Waals surface area contributed by atoms with Gasteiger partial charge >= 0.3 is 0 Å². The van der Waals surface area contributed by atoms with Gasteiger partial charge in [-0.3, -0.25) is 4.79 Å². The second kappa shape index (κ2) is 11.7. The Morgan fingerprint density at radius 2 is 1.52 bits per heavy atom. The van der Waals surface area contributed by atoms with Crippen molar-refractivity contribution in [3.05, 3.63) is 43.9 Å². The lowest BCUT2D eigenvalue weighted by atomic mass is 10.0. The zero-order valence-corrected chi connectivity index (χ0v) is 19.9. The third-order valence-corrected chi connectivity index (χ3v) is 6.42. The van der Waals surface area contributed by atoms with Gasteiger partial charge in [0.15, 0.2) is 17.3 Å². The molecule has 0 amide bonds. The van der Waals surface area contributed by atoms with Crippen LogP contribution in [0.2, 0.25) is 15.1 Å². The molecule has 0 unspecified atom stereocenters. The molecule has 0 aromatic heterocycles. The van der Waals surface area contributed by atoms with Crippen LogP contribution in [0.3, 0.4) is 0 Å². The van der Waals surface area contributed by atoms with Gasteiger partial charge in [0, 0.05) is 11.1 Å². The van der Waals surface area contributed by atoms with Gasteiger partial charge in [-0.15, -0.1) is 0 Å². The van der Waals surface area contributed by atoms with Crippen LogP contribution in [0.4, 0.5) is 0 Å². The molecule has 5 nitrogen and oxygen atoms in total. The number of ketones is 1. The molecule has 0 atom stereocenters. The zero-order chi connectivity index (χ0) is 23.1. The normalized spacial score (nSPS) is 11.0. The number of phenolic OH excluding ortho intramolecular Hbond substituents is 3. The van der Waals surface area contributed by atoms with Crippen molar-refractivity contribution in [1.82, 2.24) is 0 Å². The highest BCUT2D eigenvalue weighted by Crippen LogP contribution is 2.47. The Bertz CT molecular complexity index is 915. The summed E-state index contributed by atoms with van der Waals surface area (Å²) < 4.78 is 5.86. The molecular formula is C23H27Cl3O5. The highest BCUT2D eigenvalue weighted by Gasteiger charge is 2.20. The van der Waals surface area contributed by atoms with Crippen LogP contribution in [0.25, 0.3) is 0 Å². The topological polar surface area (TPSA) is 87.0 Å². The summed E-state index contributed by atoms with van der Waals surface area (Å²) in [5, 5.41) is 30.3. The Balaban J connectivity index is 1.85. The summed E-state index contributed by atoms with van der Waals surface area (Å²) in [6.07, 6.45) is 5.18. The molecule has 3 N–H and O–H groups in total. The van der Waals surface area contributed by atoms with Crippen LogP contribution in [0.5, 0.6) is 23.0 Å². The van der Waals surface area contributed by atoms with Crippen molar-refractivity contribution < 1.29 is 24.9 Å². The predicted octanol–water partition coefficient (Wildman–Crippen LogP) is 7.10. The van der Waals surface area contributed by atoms with Crippen molar-refractivity contribution in [2.24, 2.45) is 0 Å². The second-order valence-electron chi connectivity index (χ2n) is 7.37. The number of Topliss-reactive ketones (excluding diaryl/α,β-unsaturated/α-hetero) is 1. The van der Waals surface area contributed by atoms with Gasteiger partial charge < -0.3 is 20.1 Å². The highest BCUT2D eigenvalue weighted by atomic mass is 35.5.